The lowest BCUT2D eigenvalue weighted by Crippen LogP contribution is -2.28. The number of hydrogen-bond donors (Lipinski definition) is 1. The van der Waals surface area contributed by atoms with Gasteiger partial charge in [-0.2, -0.15) is 5.26 Å². The molecular weight excluding hydrogens is 486 g/mol. The first-order chi connectivity index (χ1) is 13.2. The summed E-state index contributed by atoms with van der Waals surface area (Å²) in [7, 11) is 0. The van der Waals surface area contributed by atoms with Crippen molar-refractivity contribution < 1.29 is 14.6 Å². The lowest BCUT2D eigenvalue weighted by atomic mass is 9.78. The molecule has 0 spiro atoms. The van der Waals surface area contributed by atoms with E-state index in [1.54, 1.807) is 24.3 Å². The van der Waals surface area contributed by atoms with Crippen LogP contribution in [0.15, 0.2) is 64.1 Å². The molecule has 144 valence electrons. The molecule has 0 saturated heterocycles. The van der Waals surface area contributed by atoms with E-state index in [0.717, 1.165) is 0 Å². The monoisotopic (exact) mass is 503 g/mol. The van der Waals surface area contributed by atoms with Gasteiger partial charge in [-0.3, -0.25) is 4.79 Å². The summed E-state index contributed by atoms with van der Waals surface area (Å²) < 4.78 is 6.55. The van der Waals surface area contributed by atoms with E-state index in [1.165, 1.54) is 0 Å². The molecule has 0 aliphatic heterocycles. The number of nitriles is 1. The van der Waals surface area contributed by atoms with Gasteiger partial charge >= 0.3 is 5.97 Å². The third kappa shape index (κ3) is 3.38. The smallest absolute Gasteiger partial charge is 0.312 e. The molecule has 1 N–H and O–H groups in total. The van der Waals surface area contributed by atoms with Crippen molar-refractivity contribution in [3.8, 4) is 17.6 Å². The number of halogens is 2. The van der Waals surface area contributed by atoms with E-state index in [-0.39, 0.29) is 5.92 Å². The zero-order chi connectivity index (χ0) is 20.5. The zero-order valence-electron chi connectivity index (χ0n) is 15.4. The molecule has 2 aromatic rings. The van der Waals surface area contributed by atoms with Gasteiger partial charge in [0.2, 0.25) is 0 Å². The van der Waals surface area contributed by atoms with Crippen molar-refractivity contribution in [3.05, 3.63) is 69.6 Å². The molecule has 28 heavy (non-hydrogen) atoms. The van der Waals surface area contributed by atoms with Crippen LogP contribution in [-0.2, 0) is 4.79 Å². The van der Waals surface area contributed by atoms with Crippen LogP contribution in [-0.4, -0.2) is 11.1 Å². The van der Waals surface area contributed by atoms with Gasteiger partial charge in [0.05, 0.1) is 15.4 Å². The quantitative estimate of drug-likeness (QED) is 0.491. The van der Waals surface area contributed by atoms with Crippen LogP contribution in [0.5, 0.6) is 11.5 Å². The molecule has 1 aliphatic carbocycles. The molecule has 1 saturated carbocycles. The van der Waals surface area contributed by atoms with Gasteiger partial charge in [-0.1, -0.05) is 50.3 Å². The SMILES string of the molecule is CC1(C)C(C=C(Br)Br)[C@@]1(C(=O)O)[C@@H](C#N)c1cccc(Oc2ccccc2)c1. The second-order valence-corrected chi connectivity index (χ2v) is 10.2. The number of hydrogen-bond acceptors (Lipinski definition) is 3. The average Bonchev–Trinajstić information content (AvgIpc) is 3.12. The number of aliphatic carboxylic acids is 1. The molecule has 3 atom stereocenters. The Bertz CT molecular complexity index is 961. The van der Waals surface area contributed by atoms with Gasteiger partial charge < -0.3 is 9.84 Å². The van der Waals surface area contributed by atoms with Crippen molar-refractivity contribution >= 4 is 37.8 Å². The van der Waals surface area contributed by atoms with Gasteiger partial charge in [0.25, 0.3) is 0 Å². The second kappa shape index (κ2) is 7.73. The van der Waals surface area contributed by atoms with Crippen LogP contribution in [0, 0.1) is 28.1 Å². The Morgan fingerprint density at radius 3 is 2.39 bits per heavy atom. The number of carboxylic acid groups (broad SMARTS) is 1. The topological polar surface area (TPSA) is 70.3 Å². The number of nitrogens with zero attached hydrogens (tertiary/aromatic N) is 1. The van der Waals surface area contributed by atoms with Gasteiger partial charge in [-0.25, -0.2) is 0 Å². The fraction of sp³-hybridized carbons (Fsp3) is 0.273. The lowest BCUT2D eigenvalue weighted by Gasteiger charge is -2.22. The van der Waals surface area contributed by atoms with Crippen molar-refractivity contribution in [1.29, 1.82) is 5.26 Å². The zero-order valence-corrected chi connectivity index (χ0v) is 18.6. The fourth-order valence-corrected chi connectivity index (χ4v) is 4.74. The van der Waals surface area contributed by atoms with E-state index >= 15 is 0 Å². The molecule has 0 bridgehead atoms. The highest BCUT2D eigenvalue weighted by Gasteiger charge is 2.78. The minimum absolute atomic E-state index is 0.297. The summed E-state index contributed by atoms with van der Waals surface area (Å²) in [5.74, 6) is -0.843. The van der Waals surface area contributed by atoms with Crippen LogP contribution in [0.4, 0.5) is 0 Å². The minimum Gasteiger partial charge on any atom is -0.481 e. The van der Waals surface area contributed by atoms with E-state index in [4.69, 9.17) is 4.74 Å². The molecule has 0 radical (unpaired) electrons. The Labute approximate surface area is 181 Å². The highest BCUT2D eigenvalue weighted by molar-refractivity contribution is 9.28. The normalized spacial score (nSPS) is 23.2. The van der Waals surface area contributed by atoms with E-state index in [1.807, 2.05) is 50.3 Å². The number of rotatable bonds is 6. The van der Waals surface area contributed by atoms with Gasteiger partial charge in [0.1, 0.15) is 16.9 Å². The maximum absolute atomic E-state index is 12.4. The third-order valence-electron chi connectivity index (χ3n) is 5.65. The number of carboxylic acids is 1. The summed E-state index contributed by atoms with van der Waals surface area (Å²) in [5.41, 5.74) is -1.17. The number of carbonyl (C=O) groups is 1. The first kappa shape index (κ1) is 20.6. The molecule has 1 unspecified atom stereocenters. The number of benzene rings is 2. The first-order valence-electron chi connectivity index (χ1n) is 8.73. The van der Waals surface area contributed by atoms with Crippen molar-refractivity contribution in [3.63, 3.8) is 0 Å². The maximum Gasteiger partial charge on any atom is 0.312 e. The highest BCUT2D eigenvalue weighted by Crippen LogP contribution is 2.75. The van der Waals surface area contributed by atoms with E-state index < -0.39 is 22.7 Å². The summed E-state index contributed by atoms with van der Waals surface area (Å²) in [6.45, 7) is 3.78. The summed E-state index contributed by atoms with van der Waals surface area (Å²) >= 11 is 6.65. The predicted octanol–water partition coefficient (Wildman–Crippen LogP) is 6.44. The van der Waals surface area contributed by atoms with Gasteiger partial charge in [-0.15, -0.1) is 0 Å². The average molecular weight is 505 g/mol. The Morgan fingerprint density at radius 1 is 1.18 bits per heavy atom. The molecule has 1 aliphatic rings. The summed E-state index contributed by atoms with van der Waals surface area (Å²) in [5, 5.41) is 20.1. The maximum atomic E-state index is 12.4. The van der Waals surface area contributed by atoms with Gasteiger partial charge in [-0.05, 0) is 67.1 Å². The molecular formula is C22H19Br2NO3. The Morgan fingerprint density at radius 2 is 1.82 bits per heavy atom. The standard InChI is InChI=1S/C22H19Br2NO3/c1-21(2)18(12-19(23)24)22(21,20(26)27)17(13-25)14-7-6-10-16(11-14)28-15-8-4-3-5-9-15/h3-12,17-18H,1-2H3,(H,26,27)/t17-,18?,22+/m0/s1. The number of allylic oxidation sites excluding steroid dienone is 1. The van der Waals surface area contributed by atoms with Gasteiger partial charge in [0.15, 0.2) is 0 Å². The molecule has 4 nitrogen and oxygen atoms in total. The van der Waals surface area contributed by atoms with Crippen molar-refractivity contribution in [2.45, 2.75) is 19.8 Å². The Hall–Kier alpha value is -2.10. The predicted molar refractivity (Wildman–Crippen MR) is 115 cm³/mol. The van der Waals surface area contributed by atoms with Gasteiger partial charge in [0, 0.05) is 5.92 Å². The molecule has 3 rings (SSSR count). The van der Waals surface area contributed by atoms with E-state index in [2.05, 4.69) is 37.9 Å². The summed E-state index contributed by atoms with van der Waals surface area (Å²) in [6, 6.07) is 18.7. The van der Waals surface area contributed by atoms with Crippen LogP contribution in [0.3, 0.4) is 0 Å². The molecule has 6 heteroatoms. The molecule has 1 fully saturated rings. The molecule has 0 amide bonds. The largest absolute Gasteiger partial charge is 0.481 e. The number of ether oxygens (including phenoxy) is 1. The van der Waals surface area contributed by atoms with Crippen LogP contribution < -0.4 is 4.74 Å². The first-order valence-corrected chi connectivity index (χ1v) is 10.3. The number of para-hydroxylation sites is 1. The molecule has 2 aromatic carbocycles. The Balaban J connectivity index is 2.01. The third-order valence-corrected chi connectivity index (χ3v) is 6.18. The van der Waals surface area contributed by atoms with Crippen molar-refractivity contribution in [1.82, 2.24) is 0 Å². The second-order valence-electron chi connectivity index (χ2n) is 7.38. The molecule has 0 heterocycles. The van der Waals surface area contributed by atoms with Crippen LogP contribution in [0.25, 0.3) is 0 Å². The minimum atomic E-state index is -1.22. The van der Waals surface area contributed by atoms with E-state index in [9.17, 15) is 15.2 Å². The fourth-order valence-electron chi connectivity index (χ4n) is 4.21. The lowest BCUT2D eigenvalue weighted by molar-refractivity contribution is -0.145. The summed E-state index contributed by atoms with van der Waals surface area (Å²) in [6.07, 6.45) is 1.82. The van der Waals surface area contributed by atoms with Crippen LogP contribution in [0.2, 0.25) is 0 Å². The van der Waals surface area contributed by atoms with E-state index in [0.29, 0.717) is 20.5 Å². The summed E-state index contributed by atoms with van der Waals surface area (Å²) in [4.78, 5) is 12.4. The highest BCUT2D eigenvalue weighted by atomic mass is 79.9. The van der Waals surface area contributed by atoms with Crippen LogP contribution in [0.1, 0.15) is 25.3 Å². The Kier molecular flexibility index (Phi) is 5.69. The van der Waals surface area contributed by atoms with Crippen LogP contribution >= 0.6 is 31.9 Å². The molecule has 0 aromatic heterocycles. The van der Waals surface area contributed by atoms with Crippen molar-refractivity contribution in [2.24, 2.45) is 16.7 Å². The van der Waals surface area contributed by atoms with Crippen molar-refractivity contribution in [2.75, 3.05) is 0 Å².